The van der Waals surface area contributed by atoms with Gasteiger partial charge in [0.25, 0.3) is 0 Å². The van der Waals surface area contributed by atoms with Crippen LogP contribution in [0.5, 0.6) is 0 Å². The molecule has 1 heterocycles. The molecule has 2 aromatic rings. The van der Waals surface area contributed by atoms with Crippen molar-refractivity contribution in [1.29, 1.82) is 5.26 Å². The third kappa shape index (κ3) is 5.15. The highest BCUT2D eigenvalue weighted by atomic mass is 19.4. The normalized spacial score (nSPS) is 17.6. The lowest BCUT2D eigenvalue weighted by molar-refractivity contribution is -0.137. The van der Waals surface area contributed by atoms with Gasteiger partial charge in [0.1, 0.15) is 0 Å². The Morgan fingerprint density at radius 2 is 1.94 bits per heavy atom. The van der Waals surface area contributed by atoms with Crippen LogP contribution in [0, 0.1) is 11.3 Å². The number of nitrogens with one attached hydrogen (secondary N) is 3. The number of hydrogen-bond acceptors (Lipinski definition) is 6. The molecule has 1 unspecified atom stereocenters. The molecular formula is C21H18F3N5O3. The molecule has 1 aliphatic heterocycles. The van der Waals surface area contributed by atoms with Crippen molar-refractivity contribution in [2.45, 2.75) is 32.2 Å². The van der Waals surface area contributed by atoms with E-state index in [1.807, 2.05) is 0 Å². The first kappa shape index (κ1) is 22.6. The summed E-state index contributed by atoms with van der Waals surface area (Å²) >= 11 is 0. The van der Waals surface area contributed by atoms with Gasteiger partial charge in [-0.25, -0.2) is 4.79 Å². The van der Waals surface area contributed by atoms with E-state index in [1.54, 1.807) is 31.2 Å². The van der Waals surface area contributed by atoms with Crippen molar-refractivity contribution >= 4 is 29.1 Å². The quantitative estimate of drug-likeness (QED) is 0.653. The van der Waals surface area contributed by atoms with E-state index in [9.17, 15) is 22.8 Å². The summed E-state index contributed by atoms with van der Waals surface area (Å²) in [7, 11) is 0. The van der Waals surface area contributed by atoms with E-state index < -0.39 is 29.1 Å². The van der Waals surface area contributed by atoms with Crippen LogP contribution in [-0.4, -0.2) is 23.4 Å². The smallest absolute Gasteiger partial charge is 0.417 e. The molecule has 1 aliphatic rings. The van der Waals surface area contributed by atoms with Crippen molar-refractivity contribution < 1.29 is 27.5 Å². The molecule has 8 nitrogen and oxygen atoms in total. The van der Waals surface area contributed by atoms with Crippen molar-refractivity contribution in [2.75, 3.05) is 10.6 Å². The molecular weight excluding hydrogens is 427 g/mol. The first-order valence-electron chi connectivity index (χ1n) is 9.33. The molecule has 0 saturated carbocycles. The van der Waals surface area contributed by atoms with E-state index in [0.29, 0.717) is 23.0 Å². The number of nitriles is 1. The second-order valence-electron chi connectivity index (χ2n) is 7.19. The van der Waals surface area contributed by atoms with Crippen LogP contribution >= 0.6 is 0 Å². The molecule has 0 fully saturated rings. The number of nitrogens with zero attached hydrogens (tertiary/aromatic N) is 2. The van der Waals surface area contributed by atoms with Gasteiger partial charge < -0.3 is 10.1 Å². The fourth-order valence-electron chi connectivity index (χ4n) is 3.13. The van der Waals surface area contributed by atoms with E-state index in [1.165, 1.54) is 19.1 Å². The number of hydrogen-bond donors (Lipinski definition) is 3. The maximum atomic E-state index is 13.1. The molecule has 0 radical (unpaired) electrons. The number of anilines is 2. The van der Waals surface area contributed by atoms with Gasteiger partial charge in [0.05, 0.1) is 29.3 Å². The first-order chi connectivity index (χ1) is 15.0. The predicted molar refractivity (Wildman–Crippen MR) is 110 cm³/mol. The lowest BCUT2D eigenvalue weighted by Crippen LogP contribution is -2.42. The summed E-state index contributed by atoms with van der Waals surface area (Å²) in [5.74, 6) is -0.261. The summed E-state index contributed by atoms with van der Waals surface area (Å²) in [6.45, 7) is 2.92. The second kappa shape index (κ2) is 8.58. The van der Waals surface area contributed by atoms with Gasteiger partial charge >= 0.3 is 12.3 Å². The number of para-hydroxylation sites is 1. The van der Waals surface area contributed by atoms with Crippen LogP contribution in [-0.2, 0) is 15.7 Å². The molecule has 166 valence electrons. The number of rotatable bonds is 4. The minimum absolute atomic E-state index is 0.137. The maximum Gasteiger partial charge on any atom is 0.417 e. The van der Waals surface area contributed by atoms with Gasteiger partial charge in [-0.05, 0) is 31.2 Å². The highest BCUT2D eigenvalue weighted by molar-refractivity contribution is 6.08. The molecule has 32 heavy (non-hydrogen) atoms. The molecule has 2 amide bonds. The second-order valence-corrected chi connectivity index (χ2v) is 7.19. The Bertz CT molecular complexity index is 1140. The van der Waals surface area contributed by atoms with Crippen LogP contribution < -0.4 is 16.1 Å². The Balaban J connectivity index is 1.70. The van der Waals surface area contributed by atoms with Crippen molar-refractivity contribution in [3.05, 3.63) is 59.2 Å². The number of halogens is 3. The Morgan fingerprint density at radius 1 is 1.22 bits per heavy atom. The molecule has 0 spiro atoms. The molecule has 0 bridgehead atoms. The van der Waals surface area contributed by atoms with Crippen LogP contribution in [0.4, 0.5) is 29.3 Å². The predicted octanol–water partition coefficient (Wildman–Crippen LogP) is 4.20. The van der Waals surface area contributed by atoms with Gasteiger partial charge in [0.2, 0.25) is 11.6 Å². The third-order valence-electron chi connectivity index (χ3n) is 4.49. The molecule has 2 aromatic carbocycles. The molecule has 3 rings (SSSR count). The average molecular weight is 445 g/mol. The zero-order valence-electron chi connectivity index (χ0n) is 17.0. The average Bonchev–Trinajstić information content (AvgIpc) is 3.08. The van der Waals surface area contributed by atoms with Crippen LogP contribution in [0.1, 0.15) is 37.0 Å². The van der Waals surface area contributed by atoms with Crippen molar-refractivity contribution in [2.24, 2.45) is 5.10 Å². The standard InChI is InChI=1S/C21H18F3N5O3/c1-12(30)26-17-6-4-3-5-15(17)18-10-20(2,29-28-18)32-19(31)27-14-8-7-13(11-25)16(9-14)21(22,23)24/h3-9,29H,10H2,1-2H3,(H,26,30)(H,27,31). The van der Waals surface area contributed by atoms with Crippen LogP contribution in [0.3, 0.4) is 0 Å². The van der Waals surface area contributed by atoms with Crippen LogP contribution in [0.15, 0.2) is 47.6 Å². The summed E-state index contributed by atoms with van der Waals surface area (Å²) in [6, 6.07) is 11.2. The van der Waals surface area contributed by atoms with Crippen LogP contribution in [0.2, 0.25) is 0 Å². The topological polar surface area (TPSA) is 116 Å². The summed E-state index contributed by atoms with van der Waals surface area (Å²) in [5, 5.41) is 18.0. The molecule has 0 aromatic heterocycles. The zero-order chi connectivity index (χ0) is 23.5. The van der Waals surface area contributed by atoms with Gasteiger partial charge in [-0.2, -0.15) is 23.5 Å². The van der Waals surface area contributed by atoms with Crippen LogP contribution in [0.25, 0.3) is 0 Å². The number of carbonyl (C=O) groups is 2. The van der Waals surface area contributed by atoms with Crippen molar-refractivity contribution in [3.63, 3.8) is 0 Å². The Morgan fingerprint density at radius 3 is 2.59 bits per heavy atom. The van der Waals surface area contributed by atoms with E-state index in [-0.39, 0.29) is 18.0 Å². The van der Waals surface area contributed by atoms with Crippen molar-refractivity contribution in [1.82, 2.24) is 5.43 Å². The van der Waals surface area contributed by atoms with E-state index in [0.717, 1.165) is 6.07 Å². The Hall–Kier alpha value is -4.07. The minimum atomic E-state index is -4.75. The maximum absolute atomic E-state index is 13.1. The molecule has 1 atom stereocenters. The molecule has 3 N–H and O–H groups in total. The summed E-state index contributed by atoms with van der Waals surface area (Å²) < 4.78 is 44.7. The first-order valence-corrected chi connectivity index (χ1v) is 9.33. The third-order valence-corrected chi connectivity index (χ3v) is 4.49. The highest BCUT2D eigenvalue weighted by Gasteiger charge is 2.37. The minimum Gasteiger partial charge on any atom is -0.421 e. The van der Waals surface area contributed by atoms with Gasteiger partial charge in [0.15, 0.2) is 0 Å². The van der Waals surface area contributed by atoms with Gasteiger partial charge in [-0.3, -0.25) is 15.5 Å². The SMILES string of the molecule is CC(=O)Nc1ccccc1C1=NNC(C)(OC(=O)Nc2ccc(C#N)c(C(F)(F)F)c2)C1. The summed E-state index contributed by atoms with van der Waals surface area (Å²) in [4.78, 5) is 23.7. The molecule has 11 heteroatoms. The van der Waals surface area contributed by atoms with Gasteiger partial charge in [-0.15, -0.1) is 0 Å². The largest absolute Gasteiger partial charge is 0.421 e. The van der Waals surface area contributed by atoms with E-state index in [4.69, 9.17) is 10.00 Å². The molecule has 0 saturated heterocycles. The lowest BCUT2D eigenvalue weighted by atomic mass is 10.0. The monoisotopic (exact) mass is 445 g/mol. The number of carbonyl (C=O) groups excluding carboxylic acids is 2. The Kier molecular flexibility index (Phi) is 6.06. The highest BCUT2D eigenvalue weighted by Crippen LogP contribution is 2.34. The number of ether oxygens (including phenoxy) is 1. The fourth-order valence-corrected chi connectivity index (χ4v) is 3.13. The summed E-state index contributed by atoms with van der Waals surface area (Å²) in [5.41, 5.74) is 1.20. The van der Waals surface area contributed by atoms with E-state index in [2.05, 4.69) is 21.2 Å². The number of benzene rings is 2. The lowest BCUT2D eigenvalue weighted by Gasteiger charge is -2.24. The number of alkyl halides is 3. The molecule has 0 aliphatic carbocycles. The number of amides is 2. The van der Waals surface area contributed by atoms with Gasteiger partial charge in [0, 0.05) is 23.9 Å². The van der Waals surface area contributed by atoms with Crippen molar-refractivity contribution in [3.8, 4) is 6.07 Å². The Labute approximate surface area is 181 Å². The van der Waals surface area contributed by atoms with E-state index >= 15 is 0 Å². The summed E-state index contributed by atoms with van der Waals surface area (Å²) in [6.07, 6.45) is -5.63. The van der Waals surface area contributed by atoms with Gasteiger partial charge in [-0.1, -0.05) is 18.2 Å². The zero-order valence-corrected chi connectivity index (χ0v) is 17.0. The fraction of sp³-hybridized carbons (Fsp3) is 0.238. The number of hydrazone groups is 1.